The van der Waals surface area contributed by atoms with E-state index in [1.165, 1.54) is 5.56 Å². The molecule has 1 saturated heterocycles. The number of hydrogen-bond donors (Lipinski definition) is 1. The van der Waals surface area contributed by atoms with E-state index in [-0.39, 0.29) is 12.5 Å². The van der Waals surface area contributed by atoms with Gasteiger partial charge in [0, 0.05) is 34.9 Å². The van der Waals surface area contributed by atoms with Gasteiger partial charge in [-0.15, -0.1) is 0 Å². The van der Waals surface area contributed by atoms with Gasteiger partial charge < -0.3 is 24.7 Å². The minimum atomic E-state index is -1.19. The third-order valence-electron chi connectivity index (χ3n) is 8.64. The summed E-state index contributed by atoms with van der Waals surface area (Å²) in [6.07, 6.45) is 1.49. The Hall–Kier alpha value is -4.23. The number of carbonyl (C=O) groups excluding carboxylic acids is 1. The zero-order chi connectivity index (χ0) is 28.9. The fourth-order valence-electron chi connectivity index (χ4n) is 6.78. The van der Waals surface area contributed by atoms with E-state index in [0.717, 1.165) is 33.3 Å². The van der Waals surface area contributed by atoms with Crippen molar-refractivity contribution >= 4 is 22.5 Å². The largest absolute Gasteiger partial charge is 0.349 e. The second-order valence-corrected chi connectivity index (χ2v) is 11.8. The molecule has 0 bridgehead atoms. The molecule has 0 unspecified atom stereocenters. The first-order valence-corrected chi connectivity index (χ1v) is 14.5. The van der Waals surface area contributed by atoms with Crippen LogP contribution in [0, 0.1) is 0 Å². The predicted molar refractivity (Wildman–Crippen MR) is 165 cm³/mol. The molecular formula is C36H35N3O3. The average molecular weight is 558 g/mol. The Labute approximate surface area is 246 Å². The first-order valence-electron chi connectivity index (χ1n) is 14.5. The number of para-hydroxylation sites is 2. The van der Waals surface area contributed by atoms with Gasteiger partial charge in [0.25, 0.3) is 0 Å². The molecule has 6 heteroatoms. The zero-order valence-electron chi connectivity index (χ0n) is 23.9. The minimum absolute atomic E-state index is 0.0340. The molecule has 0 spiro atoms. The molecule has 1 amide bonds. The number of carbonyl (C=O) groups is 1. The van der Waals surface area contributed by atoms with E-state index in [1.54, 1.807) is 0 Å². The summed E-state index contributed by atoms with van der Waals surface area (Å²) >= 11 is 0. The van der Waals surface area contributed by atoms with Crippen LogP contribution in [-0.2, 0) is 32.8 Å². The Morgan fingerprint density at radius 2 is 1.40 bits per heavy atom. The molecule has 2 N–H and O–H groups in total. The fraction of sp³-hybridized carbons (Fsp3) is 0.250. The van der Waals surface area contributed by atoms with Crippen molar-refractivity contribution in [3.05, 3.63) is 138 Å². The van der Waals surface area contributed by atoms with Crippen LogP contribution in [0.15, 0.2) is 115 Å². The molecule has 3 heterocycles. The molecule has 0 aliphatic carbocycles. The molecule has 6 nitrogen and oxygen atoms in total. The molecule has 7 rings (SSSR count). The van der Waals surface area contributed by atoms with Crippen molar-refractivity contribution < 1.29 is 14.3 Å². The van der Waals surface area contributed by atoms with Crippen LogP contribution >= 0.6 is 0 Å². The Balaban J connectivity index is 1.49. The summed E-state index contributed by atoms with van der Waals surface area (Å²) in [5, 5.41) is 1.01. The third-order valence-corrected chi connectivity index (χ3v) is 8.64. The van der Waals surface area contributed by atoms with Crippen LogP contribution in [0.5, 0.6) is 0 Å². The lowest BCUT2D eigenvalue weighted by Crippen LogP contribution is -2.63. The molecule has 212 valence electrons. The van der Waals surface area contributed by atoms with Gasteiger partial charge in [-0.05, 0) is 42.7 Å². The third kappa shape index (κ3) is 4.26. The van der Waals surface area contributed by atoms with E-state index in [1.807, 2.05) is 73.3 Å². The van der Waals surface area contributed by atoms with Crippen molar-refractivity contribution in [2.75, 3.05) is 11.5 Å². The van der Waals surface area contributed by atoms with E-state index in [2.05, 4.69) is 65.4 Å². The molecule has 1 fully saturated rings. The zero-order valence-corrected chi connectivity index (χ0v) is 23.9. The van der Waals surface area contributed by atoms with Crippen LogP contribution in [-0.4, -0.2) is 35.0 Å². The summed E-state index contributed by atoms with van der Waals surface area (Å²) in [4.78, 5) is 17.2. The van der Waals surface area contributed by atoms with Crippen molar-refractivity contribution in [1.29, 1.82) is 0 Å². The van der Waals surface area contributed by atoms with E-state index in [0.29, 0.717) is 13.1 Å². The number of hydrogen-bond acceptors (Lipinski definition) is 4. The van der Waals surface area contributed by atoms with Crippen LogP contribution in [0.3, 0.4) is 0 Å². The molecular weight excluding hydrogens is 522 g/mol. The van der Waals surface area contributed by atoms with Crippen molar-refractivity contribution in [3.8, 4) is 0 Å². The predicted octanol–water partition coefficient (Wildman–Crippen LogP) is 6.00. The lowest BCUT2D eigenvalue weighted by atomic mass is 9.68. The number of benzene rings is 4. The molecule has 3 atom stereocenters. The Morgan fingerprint density at radius 3 is 2.14 bits per heavy atom. The Morgan fingerprint density at radius 1 is 0.786 bits per heavy atom. The fourth-order valence-corrected chi connectivity index (χ4v) is 6.78. The van der Waals surface area contributed by atoms with Crippen LogP contribution in [0.4, 0.5) is 5.69 Å². The number of rotatable bonds is 6. The number of fused-ring (bicyclic) bond motifs is 2. The number of amides is 1. The van der Waals surface area contributed by atoms with Gasteiger partial charge in [0.05, 0.1) is 19.2 Å². The van der Waals surface area contributed by atoms with E-state index < -0.39 is 23.3 Å². The molecule has 0 saturated carbocycles. The standard InChI is InChI=1S/C36H35N3O3/c1-35(2)41-24-30(37)33(42-35)36(28-18-10-12-20-32(28)39(34(36)40)22-26-15-7-4-8-16-26)29-23-38(21-25-13-5-3-6-14-25)31-19-11-9-17-27(29)31/h3-20,23,30,33H,21-22,24,37H2,1-2H3/t30-,33-,36-/m1/s1. The Bertz CT molecular complexity index is 1750. The number of aromatic nitrogens is 1. The quantitative estimate of drug-likeness (QED) is 0.278. The maximum Gasteiger partial charge on any atom is 0.245 e. The number of nitrogens with zero attached hydrogens (tertiary/aromatic N) is 2. The van der Waals surface area contributed by atoms with Gasteiger partial charge in [-0.1, -0.05) is 97.1 Å². The second kappa shape index (κ2) is 10.2. The van der Waals surface area contributed by atoms with Crippen LogP contribution in [0.2, 0.25) is 0 Å². The topological polar surface area (TPSA) is 69.7 Å². The number of nitrogens with two attached hydrogens (primary N) is 1. The van der Waals surface area contributed by atoms with Crippen LogP contribution in [0.1, 0.15) is 36.1 Å². The van der Waals surface area contributed by atoms with Crippen molar-refractivity contribution in [2.24, 2.45) is 5.73 Å². The van der Waals surface area contributed by atoms with E-state index >= 15 is 4.79 Å². The van der Waals surface area contributed by atoms with Gasteiger partial charge >= 0.3 is 0 Å². The maximum atomic E-state index is 15.3. The van der Waals surface area contributed by atoms with Crippen LogP contribution < -0.4 is 10.6 Å². The lowest BCUT2D eigenvalue weighted by molar-refractivity contribution is -0.287. The van der Waals surface area contributed by atoms with Gasteiger partial charge in [-0.25, -0.2) is 0 Å². The first kappa shape index (κ1) is 26.7. The van der Waals surface area contributed by atoms with E-state index in [4.69, 9.17) is 15.2 Å². The van der Waals surface area contributed by atoms with Gasteiger partial charge in [-0.3, -0.25) is 4.79 Å². The summed E-state index contributed by atoms with van der Waals surface area (Å²) in [5.41, 5.74) is 11.7. The monoisotopic (exact) mass is 557 g/mol. The number of ether oxygens (including phenoxy) is 2. The summed E-state index contributed by atoms with van der Waals surface area (Å²) in [6.45, 7) is 5.20. The van der Waals surface area contributed by atoms with Crippen molar-refractivity contribution in [3.63, 3.8) is 0 Å². The Kier molecular flexibility index (Phi) is 6.50. The molecule has 4 aromatic carbocycles. The summed E-state index contributed by atoms with van der Waals surface area (Å²) < 4.78 is 15.0. The molecule has 42 heavy (non-hydrogen) atoms. The SMILES string of the molecule is CC1(C)OC[C@@H](N)[C@H]([C@@]2(c3cn(Cc4ccccc4)c4ccccc34)C(=O)N(Cc3ccccc3)c3ccccc32)O1. The highest BCUT2D eigenvalue weighted by atomic mass is 16.7. The lowest BCUT2D eigenvalue weighted by Gasteiger charge is -2.47. The second-order valence-electron chi connectivity index (χ2n) is 11.8. The number of anilines is 1. The maximum absolute atomic E-state index is 15.3. The smallest absolute Gasteiger partial charge is 0.245 e. The van der Waals surface area contributed by atoms with Gasteiger partial charge in [0.1, 0.15) is 11.5 Å². The van der Waals surface area contributed by atoms with E-state index in [9.17, 15) is 0 Å². The van der Waals surface area contributed by atoms with Crippen LogP contribution in [0.25, 0.3) is 10.9 Å². The summed E-state index contributed by atoms with van der Waals surface area (Å²) in [5.74, 6) is -0.939. The normalized spacial score (nSPS) is 23.3. The van der Waals surface area contributed by atoms with Gasteiger partial charge in [0.2, 0.25) is 5.91 Å². The average Bonchev–Trinajstić information content (AvgIpc) is 3.48. The molecule has 2 aliphatic rings. The molecule has 0 radical (unpaired) electrons. The first-order chi connectivity index (χ1) is 20.4. The van der Waals surface area contributed by atoms with Crippen molar-refractivity contribution in [2.45, 2.75) is 50.3 Å². The van der Waals surface area contributed by atoms with Gasteiger partial charge in [-0.2, -0.15) is 0 Å². The van der Waals surface area contributed by atoms with Crippen molar-refractivity contribution in [1.82, 2.24) is 4.57 Å². The molecule has 1 aromatic heterocycles. The molecule has 2 aliphatic heterocycles. The molecule has 5 aromatic rings. The minimum Gasteiger partial charge on any atom is -0.349 e. The summed E-state index contributed by atoms with van der Waals surface area (Å²) in [6, 6.07) is 36.4. The highest BCUT2D eigenvalue weighted by Crippen LogP contribution is 2.53. The highest BCUT2D eigenvalue weighted by molar-refractivity contribution is 6.13. The van der Waals surface area contributed by atoms with Gasteiger partial charge in [0.15, 0.2) is 5.79 Å². The highest BCUT2D eigenvalue weighted by Gasteiger charge is 2.62. The summed E-state index contributed by atoms with van der Waals surface area (Å²) in [7, 11) is 0.